The highest BCUT2D eigenvalue weighted by Gasteiger charge is 2.30. The van der Waals surface area contributed by atoms with Crippen LogP contribution in [-0.4, -0.2) is 18.0 Å². The van der Waals surface area contributed by atoms with Crippen LogP contribution in [0.25, 0.3) is 6.08 Å². The molecular formula is C13H12F3NO3. The van der Waals surface area contributed by atoms with E-state index in [1.807, 2.05) is 0 Å². The Labute approximate surface area is 113 Å². The van der Waals surface area contributed by atoms with E-state index >= 15 is 0 Å². The molecule has 0 spiro atoms. The number of rotatable bonds is 4. The smallest absolute Gasteiger partial charge is 0.416 e. The number of hydrogen-bond acceptors (Lipinski definition) is 3. The molecule has 1 rings (SSSR count). The molecule has 0 bridgehead atoms. The summed E-state index contributed by atoms with van der Waals surface area (Å²) < 4.78 is 42.0. The van der Waals surface area contributed by atoms with E-state index in [2.05, 4.69) is 4.74 Å². The first kappa shape index (κ1) is 15.7. The molecule has 2 N–H and O–H groups in total. The first-order valence-corrected chi connectivity index (χ1v) is 5.55. The summed E-state index contributed by atoms with van der Waals surface area (Å²) in [6.07, 6.45) is -3.47. The van der Waals surface area contributed by atoms with Crippen molar-refractivity contribution in [3.05, 3.63) is 41.5 Å². The van der Waals surface area contributed by atoms with Crippen molar-refractivity contribution in [1.82, 2.24) is 0 Å². The molecule has 0 heterocycles. The van der Waals surface area contributed by atoms with Crippen LogP contribution in [0.15, 0.2) is 30.3 Å². The third-order valence-corrected chi connectivity index (χ3v) is 2.32. The largest absolute Gasteiger partial charge is 0.449 e. The molecule has 0 aliphatic heterocycles. The predicted octanol–water partition coefficient (Wildman–Crippen LogP) is 2.14. The Morgan fingerprint density at radius 3 is 2.55 bits per heavy atom. The zero-order chi connectivity index (χ0) is 15.3. The summed E-state index contributed by atoms with van der Waals surface area (Å²) >= 11 is 0. The monoisotopic (exact) mass is 287 g/mol. The molecule has 0 aliphatic carbocycles. The van der Waals surface area contributed by atoms with Crippen LogP contribution in [0.3, 0.4) is 0 Å². The van der Waals surface area contributed by atoms with Crippen molar-refractivity contribution < 1.29 is 27.5 Å². The average molecular weight is 287 g/mol. The first-order valence-electron chi connectivity index (χ1n) is 5.55. The zero-order valence-electron chi connectivity index (χ0n) is 10.5. The van der Waals surface area contributed by atoms with Gasteiger partial charge in [0.2, 0.25) is 0 Å². The number of amides is 1. The summed E-state index contributed by atoms with van der Waals surface area (Å²) in [7, 11) is 0. The fourth-order valence-corrected chi connectivity index (χ4v) is 1.25. The molecule has 1 aromatic rings. The first-order chi connectivity index (χ1) is 9.20. The predicted molar refractivity (Wildman–Crippen MR) is 65.2 cm³/mol. The van der Waals surface area contributed by atoms with E-state index in [-0.39, 0.29) is 5.56 Å². The number of carbonyl (C=O) groups is 2. The number of carbonyl (C=O) groups excluding carboxylic acids is 2. The molecule has 0 aromatic heterocycles. The van der Waals surface area contributed by atoms with Crippen LogP contribution < -0.4 is 5.73 Å². The molecule has 0 saturated carbocycles. The fourth-order valence-electron chi connectivity index (χ4n) is 1.25. The number of nitrogens with two attached hydrogens (primary N) is 1. The Morgan fingerprint density at radius 1 is 1.35 bits per heavy atom. The van der Waals surface area contributed by atoms with Gasteiger partial charge in [0.1, 0.15) is 0 Å². The molecule has 0 saturated heterocycles. The van der Waals surface area contributed by atoms with E-state index in [1.54, 1.807) is 0 Å². The third-order valence-electron chi connectivity index (χ3n) is 2.32. The van der Waals surface area contributed by atoms with Crippen molar-refractivity contribution in [3.63, 3.8) is 0 Å². The summed E-state index contributed by atoms with van der Waals surface area (Å²) in [5.41, 5.74) is 4.26. The summed E-state index contributed by atoms with van der Waals surface area (Å²) in [6.45, 7) is 1.29. The van der Waals surface area contributed by atoms with Crippen LogP contribution in [-0.2, 0) is 20.5 Å². The highest BCUT2D eigenvalue weighted by molar-refractivity contribution is 5.89. The molecule has 20 heavy (non-hydrogen) atoms. The minimum Gasteiger partial charge on any atom is -0.449 e. The maximum atomic E-state index is 12.5. The SMILES string of the molecule is C[C@H](OC(=O)/C=C/c1cccc(C(F)(F)F)c1)C(N)=O. The summed E-state index contributed by atoms with van der Waals surface area (Å²) in [5.74, 6) is -1.68. The van der Waals surface area contributed by atoms with Crippen molar-refractivity contribution in [1.29, 1.82) is 0 Å². The molecule has 7 heteroatoms. The highest BCUT2D eigenvalue weighted by Crippen LogP contribution is 2.29. The van der Waals surface area contributed by atoms with Crippen molar-refractivity contribution >= 4 is 18.0 Å². The maximum absolute atomic E-state index is 12.5. The van der Waals surface area contributed by atoms with Crippen molar-refractivity contribution in [2.24, 2.45) is 5.73 Å². The Kier molecular flexibility index (Phi) is 4.90. The van der Waals surface area contributed by atoms with Crippen LogP contribution in [0.1, 0.15) is 18.1 Å². The highest BCUT2D eigenvalue weighted by atomic mass is 19.4. The van der Waals surface area contributed by atoms with Gasteiger partial charge in [0.05, 0.1) is 5.56 Å². The third kappa shape index (κ3) is 4.75. The Morgan fingerprint density at radius 2 is 2.00 bits per heavy atom. The number of benzene rings is 1. The minimum absolute atomic E-state index is 0.184. The lowest BCUT2D eigenvalue weighted by molar-refractivity contribution is -0.148. The van der Waals surface area contributed by atoms with E-state index in [9.17, 15) is 22.8 Å². The van der Waals surface area contributed by atoms with Gasteiger partial charge in [-0.25, -0.2) is 4.79 Å². The maximum Gasteiger partial charge on any atom is 0.416 e. The lowest BCUT2D eigenvalue weighted by Gasteiger charge is -2.07. The van der Waals surface area contributed by atoms with Gasteiger partial charge in [0.15, 0.2) is 6.10 Å². The second-order valence-electron chi connectivity index (χ2n) is 3.94. The Balaban J connectivity index is 2.76. The standard InChI is InChI=1S/C13H12F3NO3/c1-8(12(17)19)20-11(18)6-5-9-3-2-4-10(7-9)13(14,15)16/h2-8H,1H3,(H2,17,19)/b6-5+/t8-/m0/s1. The van der Waals surface area contributed by atoms with Crippen LogP contribution in [0, 0.1) is 0 Å². The van der Waals surface area contributed by atoms with Crippen LogP contribution in [0.2, 0.25) is 0 Å². The Bertz CT molecular complexity index is 538. The topological polar surface area (TPSA) is 69.4 Å². The second-order valence-corrected chi connectivity index (χ2v) is 3.94. The van der Waals surface area contributed by atoms with Gasteiger partial charge < -0.3 is 10.5 Å². The number of esters is 1. The molecule has 1 amide bonds. The summed E-state index contributed by atoms with van der Waals surface area (Å²) in [6, 6.07) is 4.43. The number of halogens is 3. The van der Waals surface area contributed by atoms with Gasteiger partial charge in [-0.05, 0) is 30.7 Å². The van der Waals surface area contributed by atoms with E-state index in [4.69, 9.17) is 5.73 Å². The number of primary amides is 1. The molecule has 108 valence electrons. The molecule has 4 nitrogen and oxygen atoms in total. The normalized spacial score (nSPS) is 13.2. The molecule has 0 unspecified atom stereocenters. The molecule has 0 radical (unpaired) electrons. The molecule has 1 atom stereocenters. The van der Waals surface area contributed by atoms with Crippen molar-refractivity contribution in [2.75, 3.05) is 0 Å². The average Bonchev–Trinajstić information content (AvgIpc) is 2.35. The van der Waals surface area contributed by atoms with Crippen molar-refractivity contribution in [3.8, 4) is 0 Å². The quantitative estimate of drug-likeness (QED) is 0.681. The summed E-state index contributed by atoms with van der Waals surface area (Å²) in [5, 5.41) is 0. The molecular weight excluding hydrogens is 275 g/mol. The zero-order valence-corrected chi connectivity index (χ0v) is 10.5. The number of hydrogen-bond donors (Lipinski definition) is 1. The lowest BCUT2D eigenvalue weighted by atomic mass is 10.1. The van der Waals surface area contributed by atoms with Crippen LogP contribution in [0.5, 0.6) is 0 Å². The fraction of sp³-hybridized carbons (Fsp3) is 0.231. The van der Waals surface area contributed by atoms with Crippen LogP contribution >= 0.6 is 0 Å². The summed E-state index contributed by atoms with van der Waals surface area (Å²) in [4.78, 5) is 21.9. The van der Waals surface area contributed by atoms with E-state index in [0.717, 1.165) is 24.3 Å². The van der Waals surface area contributed by atoms with Crippen molar-refractivity contribution in [2.45, 2.75) is 19.2 Å². The minimum atomic E-state index is -4.45. The van der Waals surface area contributed by atoms with Gasteiger partial charge in [0, 0.05) is 6.08 Å². The van der Waals surface area contributed by atoms with E-state index in [1.165, 1.54) is 19.1 Å². The molecule has 0 aliphatic rings. The van der Waals surface area contributed by atoms with Gasteiger partial charge >= 0.3 is 12.1 Å². The van der Waals surface area contributed by atoms with Gasteiger partial charge in [-0.15, -0.1) is 0 Å². The number of alkyl halides is 3. The van der Waals surface area contributed by atoms with Gasteiger partial charge in [-0.3, -0.25) is 4.79 Å². The van der Waals surface area contributed by atoms with E-state index < -0.39 is 29.7 Å². The lowest BCUT2D eigenvalue weighted by Crippen LogP contribution is -2.29. The van der Waals surface area contributed by atoms with Crippen LogP contribution in [0.4, 0.5) is 13.2 Å². The number of ether oxygens (including phenoxy) is 1. The van der Waals surface area contributed by atoms with Gasteiger partial charge in [-0.2, -0.15) is 13.2 Å². The molecule has 0 fully saturated rings. The van der Waals surface area contributed by atoms with E-state index in [0.29, 0.717) is 0 Å². The Hall–Kier alpha value is -2.31. The van der Waals surface area contributed by atoms with Gasteiger partial charge in [-0.1, -0.05) is 12.1 Å². The molecule has 1 aromatic carbocycles. The second kappa shape index (κ2) is 6.23. The van der Waals surface area contributed by atoms with Gasteiger partial charge in [0.25, 0.3) is 5.91 Å².